The fraction of sp³-hybridized carbons (Fsp3) is 0.737. The van der Waals surface area contributed by atoms with Gasteiger partial charge in [0, 0.05) is 76.2 Å². The van der Waals surface area contributed by atoms with Gasteiger partial charge in [-0.1, -0.05) is 38.5 Å². The maximum Gasteiger partial charge on any atom is 0.229 e. The summed E-state index contributed by atoms with van der Waals surface area (Å²) in [5.41, 5.74) is 1.62. The predicted molar refractivity (Wildman–Crippen MR) is 183 cm³/mol. The summed E-state index contributed by atoms with van der Waals surface area (Å²) in [6.45, 7) is 15.6. The van der Waals surface area contributed by atoms with Gasteiger partial charge in [-0.3, -0.25) is 14.5 Å². The lowest BCUT2D eigenvalue weighted by atomic mass is 9.50. The summed E-state index contributed by atoms with van der Waals surface area (Å²) in [5, 5.41) is 0. The zero-order chi connectivity index (χ0) is 31.6. The first-order valence-electron chi connectivity index (χ1n) is 18.5. The minimum atomic E-state index is 0.0112. The Balaban J connectivity index is 0.945. The molecule has 8 rings (SSSR count). The fourth-order valence-electron chi connectivity index (χ4n) is 11.2. The molecule has 4 aliphatic carbocycles. The molecule has 5 fully saturated rings. The van der Waals surface area contributed by atoms with Crippen molar-refractivity contribution >= 4 is 29.2 Å². The van der Waals surface area contributed by atoms with Gasteiger partial charge in [-0.15, -0.1) is 0 Å². The molecule has 0 aromatic carbocycles. The Labute approximate surface area is 275 Å². The van der Waals surface area contributed by atoms with Crippen LogP contribution in [0.25, 0.3) is 0 Å². The van der Waals surface area contributed by atoms with Crippen LogP contribution in [0.2, 0.25) is 0 Å². The molecule has 46 heavy (non-hydrogen) atoms. The van der Waals surface area contributed by atoms with Crippen LogP contribution in [-0.4, -0.2) is 85.3 Å². The third-order valence-electron chi connectivity index (χ3n) is 13.7. The highest BCUT2D eigenvalue weighted by molar-refractivity contribution is 5.91. The van der Waals surface area contributed by atoms with Gasteiger partial charge in [0.25, 0.3) is 0 Å². The summed E-state index contributed by atoms with van der Waals surface area (Å²) < 4.78 is 0. The zero-order valence-corrected chi connectivity index (χ0v) is 28.4. The Morgan fingerprint density at radius 3 is 2.24 bits per heavy atom. The second-order valence-corrected chi connectivity index (χ2v) is 16.3. The van der Waals surface area contributed by atoms with Crippen LogP contribution in [0.15, 0.2) is 29.9 Å². The predicted octanol–water partition coefficient (Wildman–Crippen LogP) is 5.54. The highest BCUT2D eigenvalue weighted by Crippen LogP contribution is 2.65. The third kappa shape index (κ3) is 5.12. The van der Waals surface area contributed by atoms with Crippen molar-refractivity contribution in [2.75, 3.05) is 73.6 Å². The molecule has 4 heterocycles. The molecule has 8 heteroatoms. The Kier molecular flexibility index (Phi) is 7.81. The molecule has 7 aliphatic rings. The van der Waals surface area contributed by atoms with E-state index in [0.717, 1.165) is 89.2 Å². The number of carbonyl (C=O) groups excluding carboxylic acids is 2. The molecule has 1 aromatic rings. The molecular weight excluding hydrogens is 572 g/mol. The molecule has 8 nitrogen and oxygen atoms in total. The average Bonchev–Trinajstić information content (AvgIpc) is 3.83. The van der Waals surface area contributed by atoms with Crippen LogP contribution in [0, 0.1) is 40.4 Å². The van der Waals surface area contributed by atoms with Crippen LogP contribution in [0.5, 0.6) is 0 Å². The Bertz CT molecular complexity index is 1390. The van der Waals surface area contributed by atoms with Gasteiger partial charge < -0.3 is 14.7 Å². The molecule has 2 saturated carbocycles. The van der Waals surface area contributed by atoms with E-state index in [-0.39, 0.29) is 16.7 Å². The summed E-state index contributed by atoms with van der Waals surface area (Å²) in [4.78, 5) is 46.2. The van der Waals surface area contributed by atoms with E-state index >= 15 is 0 Å². The number of hydrogen-bond acceptors (Lipinski definition) is 8. The fourth-order valence-corrected chi connectivity index (χ4v) is 11.2. The number of carbonyl (C=O) groups is 2. The molecule has 0 N–H and O–H groups in total. The number of ketones is 2. The van der Waals surface area contributed by atoms with Crippen LogP contribution in [0.3, 0.4) is 0 Å². The number of hydrogen-bond donors (Lipinski definition) is 0. The first kappa shape index (κ1) is 30.6. The maximum atomic E-state index is 14.2. The van der Waals surface area contributed by atoms with Crippen molar-refractivity contribution in [2.24, 2.45) is 40.4 Å². The number of rotatable bonds is 6. The molecule has 1 aromatic heterocycles. The molecule has 0 amide bonds. The van der Waals surface area contributed by atoms with Gasteiger partial charge >= 0.3 is 0 Å². The van der Waals surface area contributed by atoms with Crippen LogP contribution in [0.4, 0.5) is 17.6 Å². The lowest BCUT2D eigenvalue weighted by molar-refractivity contribution is -0.129. The maximum absolute atomic E-state index is 14.2. The van der Waals surface area contributed by atoms with Gasteiger partial charge in [0.1, 0.15) is 11.6 Å². The van der Waals surface area contributed by atoms with Gasteiger partial charge in [-0.25, -0.2) is 0 Å². The van der Waals surface area contributed by atoms with Crippen LogP contribution >= 0.6 is 0 Å². The van der Waals surface area contributed by atoms with Crippen molar-refractivity contribution in [3.8, 4) is 0 Å². The van der Waals surface area contributed by atoms with E-state index in [2.05, 4.69) is 58.6 Å². The molecule has 7 atom stereocenters. The third-order valence-corrected chi connectivity index (χ3v) is 13.7. The quantitative estimate of drug-likeness (QED) is 0.382. The standard InChI is InChI=1S/C38H54N6O2/c1-26-22-31-29-9-8-27-23-28(45)10-12-37(27,2)30(29)11-13-38(31,3)35(26)32(46)25-41-18-20-43(21-19-41)34-24-33(42-14-4-5-15-42)39-36(40-34)44-16-6-7-17-44/h10-12,24,26-27,29,31,35H,4-9,13-23,25H2,1-3H3/t26-,27-,29-,31+,35-,37+,38+/m1/s1. The highest BCUT2D eigenvalue weighted by atomic mass is 16.1. The summed E-state index contributed by atoms with van der Waals surface area (Å²) in [5.74, 6) is 5.86. The van der Waals surface area contributed by atoms with Crippen molar-refractivity contribution in [3.63, 3.8) is 0 Å². The van der Waals surface area contributed by atoms with Crippen molar-refractivity contribution in [1.82, 2.24) is 14.9 Å². The normalized spacial score (nSPS) is 37.7. The van der Waals surface area contributed by atoms with Gasteiger partial charge in [0.05, 0.1) is 6.54 Å². The number of fused-ring (bicyclic) bond motifs is 5. The number of anilines is 3. The first-order valence-corrected chi connectivity index (χ1v) is 18.5. The molecule has 0 unspecified atom stereocenters. The average molecular weight is 627 g/mol. The van der Waals surface area contributed by atoms with Crippen molar-refractivity contribution in [3.05, 3.63) is 29.9 Å². The van der Waals surface area contributed by atoms with E-state index in [4.69, 9.17) is 9.97 Å². The smallest absolute Gasteiger partial charge is 0.229 e. The number of piperazine rings is 1. The molecule has 0 spiro atoms. The summed E-state index contributed by atoms with van der Waals surface area (Å²) in [6, 6.07) is 2.21. The molecule has 248 valence electrons. The van der Waals surface area contributed by atoms with E-state index in [1.165, 1.54) is 32.1 Å². The molecule has 3 aliphatic heterocycles. The number of aromatic nitrogens is 2. The number of Topliss-reactive ketones (excluding diaryl/α,β-unsaturated/α-hetero) is 1. The Morgan fingerprint density at radius 1 is 0.891 bits per heavy atom. The van der Waals surface area contributed by atoms with E-state index in [0.29, 0.717) is 48.2 Å². The van der Waals surface area contributed by atoms with E-state index in [9.17, 15) is 9.59 Å². The summed E-state index contributed by atoms with van der Waals surface area (Å²) in [7, 11) is 0. The highest BCUT2D eigenvalue weighted by Gasteiger charge is 2.60. The van der Waals surface area contributed by atoms with Crippen molar-refractivity contribution in [1.29, 1.82) is 0 Å². The summed E-state index contributed by atoms with van der Waals surface area (Å²) >= 11 is 0. The number of allylic oxidation sites excluding steroid dienone is 4. The minimum Gasteiger partial charge on any atom is -0.356 e. The number of nitrogens with zero attached hydrogens (tertiary/aromatic N) is 6. The van der Waals surface area contributed by atoms with Crippen LogP contribution in [-0.2, 0) is 9.59 Å². The van der Waals surface area contributed by atoms with Crippen molar-refractivity contribution in [2.45, 2.75) is 78.6 Å². The molecule has 0 radical (unpaired) electrons. The minimum absolute atomic E-state index is 0.0112. The van der Waals surface area contributed by atoms with Crippen LogP contribution < -0.4 is 14.7 Å². The summed E-state index contributed by atoms with van der Waals surface area (Å²) in [6.07, 6.45) is 16.7. The Morgan fingerprint density at radius 2 is 1.54 bits per heavy atom. The topological polar surface area (TPSA) is 72.9 Å². The van der Waals surface area contributed by atoms with Crippen LogP contribution in [0.1, 0.15) is 78.6 Å². The van der Waals surface area contributed by atoms with Gasteiger partial charge in [0.15, 0.2) is 11.6 Å². The monoisotopic (exact) mass is 626 g/mol. The molecule has 3 saturated heterocycles. The lowest BCUT2D eigenvalue weighted by Gasteiger charge is -2.54. The van der Waals surface area contributed by atoms with Gasteiger partial charge in [-0.2, -0.15) is 9.97 Å². The zero-order valence-electron chi connectivity index (χ0n) is 28.4. The first-order chi connectivity index (χ1) is 22.2. The van der Waals surface area contributed by atoms with Gasteiger partial charge in [-0.05, 0) is 86.5 Å². The molecule has 0 bridgehead atoms. The van der Waals surface area contributed by atoms with E-state index in [1.807, 2.05) is 6.08 Å². The molecular formula is C38H54N6O2. The van der Waals surface area contributed by atoms with E-state index in [1.54, 1.807) is 5.57 Å². The lowest BCUT2D eigenvalue weighted by Crippen LogP contribution is -2.51. The van der Waals surface area contributed by atoms with Crippen molar-refractivity contribution < 1.29 is 9.59 Å². The Hall–Kier alpha value is -2.74. The SMILES string of the molecule is C[C@@H]1C[C@H]2[C@@H]3CC[C@@H]4CC(=O)C=C[C@]4(C)C3=CC[C@]2(C)[C@H]1C(=O)CN1CCN(c2cc(N3CCCC3)nc(N3CCCC3)n2)CC1. The van der Waals surface area contributed by atoms with E-state index < -0.39 is 0 Å². The van der Waals surface area contributed by atoms with Gasteiger partial charge in [0.2, 0.25) is 5.95 Å². The second kappa shape index (κ2) is 11.7. The largest absolute Gasteiger partial charge is 0.356 e. The second-order valence-electron chi connectivity index (χ2n) is 16.3.